The van der Waals surface area contributed by atoms with Crippen LogP contribution in [-0.4, -0.2) is 38.3 Å². The normalized spacial score (nSPS) is 15.3. The Hall–Kier alpha value is -3.49. The molecule has 0 aliphatic carbocycles. The summed E-state index contributed by atoms with van der Waals surface area (Å²) < 4.78 is 0. The second-order valence-corrected chi connectivity index (χ2v) is 7.93. The Morgan fingerprint density at radius 1 is 1.10 bits per heavy atom. The molecule has 1 aromatic heterocycles. The third-order valence-electron chi connectivity index (χ3n) is 4.98. The van der Waals surface area contributed by atoms with Crippen LogP contribution in [0.25, 0.3) is 0 Å². The fourth-order valence-electron chi connectivity index (χ4n) is 3.29. The van der Waals surface area contributed by atoms with E-state index in [9.17, 15) is 19.2 Å². The number of carbonyl (C=O) groups is 3. The van der Waals surface area contributed by atoms with E-state index in [-0.39, 0.29) is 30.3 Å². The van der Waals surface area contributed by atoms with E-state index >= 15 is 0 Å². The molecule has 3 N–H and O–H groups in total. The molecule has 0 atom stereocenters. The minimum Gasteiger partial charge on any atom is -0.352 e. The summed E-state index contributed by atoms with van der Waals surface area (Å²) in [5.74, 6) is -0.0296. The van der Waals surface area contributed by atoms with E-state index < -0.39 is 11.6 Å². The van der Waals surface area contributed by atoms with Crippen LogP contribution >= 0.6 is 0 Å². The molecule has 0 spiro atoms. The third kappa shape index (κ3) is 4.56. The van der Waals surface area contributed by atoms with Crippen molar-refractivity contribution in [2.24, 2.45) is 0 Å². The SMILES string of the molecule is Cc1nc(C)c(CC(=O)NCc2ccc(CN3C(=O)NC(C)(C)C3=O)cc2)c(=O)[nH]1. The molecule has 1 aliphatic rings. The first-order chi connectivity index (χ1) is 14.1. The molecule has 9 nitrogen and oxygen atoms in total. The number of aromatic nitrogens is 2. The van der Waals surface area contributed by atoms with Crippen molar-refractivity contribution in [3.05, 3.63) is 62.8 Å². The summed E-state index contributed by atoms with van der Waals surface area (Å²) in [6.45, 7) is 7.21. The first-order valence-electron chi connectivity index (χ1n) is 9.62. The van der Waals surface area contributed by atoms with Gasteiger partial charge in [0.2, 0.25) is 5.91 Å². The molecule has 2 heterocycles. The molecular weight excluding hydrogens is 386 g/mol. The highest BCUT2D eigenvalue weighted by atomic mass is 16.2. The predicted octanol–water partition coefficient (Wildman–Crippen LogP) is 1.08. The number of urea groups is 1. The minimum atomic E-state index is -0.894. The number of nitrogens with one attached hydrogen (secondary N) is 3. The van der Waals surface area contributed by atoms with Crippen molar-refractivity contribution < 1.29 is 14.4 Å². The summed E-state index contributed by atoms with van der Waals surface area (Å²) in [6.07, 6.45) is -0.0471. The smallest absolute Gasteiger partial charge is 0.325 e. The van der Waals surface area contributed by atoms with Crippen LogP contribution in [0.15, 0.2) is 29.1 Å². The van der Waals surface area contributed by atoms with Crippen molar-refractivity contribution in [1.82, 2.24) is 25.5 Å². The molecular formula is C21H25N5O4. The van der Waals surface area contributed by atoms with Crippen molar-refractivity contribution in [2.75, 3.05) is 0 Å². The van der Waals surface area contributed by atoms with Crippen LogP contribution in [0, 0.1) is 13.8 Å². The zero-order valence-corrected chi connectivity index (χ0v) is 17.5. The molecule has 1 saturated heterocycles. The van der Waals surface area contributed by atoms with E-state index in [0.29, 0.717) is 23.6 Å². The van der Waals surface area contributed by atoms with Gasteiger partial charge in [-0.05, 0) is 38.8 Å². The fraction of sp³-hybridized carbons (Fsp3) is 0.381. The lowest BCUT2D eigenvalue weighted by Gasteiger charge is -2.16. The van der Waals surface area contributed by atoms with Gasteiger partial charge in [-0.2, -0.15) is 0 Å². The molecule has 2 aromatic rings. The lowest BCUT2D eigenvalue weighted by molar-refractivity contribution is -0.130. The van der Waals surface area contributed by atoms with Gasteiger partial charge in [-0.25, -0.2) is 9.78 Å². The Bertz CT molecular complexity index is 1060. The van der Waals surface area contributed by atoms with Crippen molar-refractivity contribution in [1.29, 1.82) is 0 Å². The molecule has 3 rings (SSSR count). The second-order valence-electron chi connectivity index (χ2n) is 7.93. The Morgan fingerprint density at radius 3 is 2.30 bits per heavy atom. The second kappa shape index (κ2) is 8.10. The number of hydrogen-bond donors (Lipinski definition) is 3. The molecule has 4 amide bonds. The fourth-order valence-corrected chi connectivity index (χ4v) is 3.29. The molecule has 1 aromatic carbocycles. The maximum Gasteiger partial charge on any atom is 0.325 e. The van der Waals surface area contributed by atoms with Crippen LogP contribution in [0.5, 0.6) is 0 Å². The van der Waals surface area contributed by atoms with Gasteiger partial charge in [0.05, 0.1) is 13.0 Å². The summed E-state index contributed by atoms with van der Waals surface area (Å²) in [5.41, 5.74) is 1.36. The highest BCUT2D eigenvalue weighted by molar-refractivity contribution is 6.06. The highest BCUT2D eigenvalue weighted by Gasteiger charge is 2.43. The Labute approximate surface area is 173 Å². The number of aromatic amines is 1. The molecule has 0 radical (unpaired) electrons. The average Bonchev–Trinajstić information content (AvgIpc) is 2.85. The first kappa shape index (κ1) is 21.2. The quantitative estimate of drug-likeness (QED) is 0.614. The molecule has 30 heavy (non-hydrogen) atoms. The van der Waals surface area contributed by atoms with Gasteiger partial charge >= 0.3 is 6.03 Å². The van der Waals surface area contributed by atoms with Gasteiger partial charge in [0.25, 0.3) is 11.5 Å². The number of nitrogens with zero attached hydrogens (tertiary/aromatic N) is 2. The van der Waals surface area contributed by atoms with E-state index in [1.165, 1.54) is 4.90 Å². The maximum atomic E-state index is 12.3. The Morgan fingerprint density at radius 2 is 1.73 bits per heavy atom. The molecule has 9 heteroatoms. The van der Waals surface area contributed by atoms with Crippen LogP contribution < -0.4 is 16.2 Å². The number of H-pyrrole nitrogens is 1. The minimum absolute atomic E-state index is 0.0471. The average molecular weight is 411 g/mol. The Balaban J connectivity index is 1.56. The van der Waals surface area contributed by atoms with E-state index in [4.69, 9.17) is 0 Å². The summed E-state index contributed by atoms with van der Waals surface area (Å²) in [4.78, 5) is 56.5. The van der Waals surface area contributed by atoms with Crippen LogP contribution in [-0.2, 0) is 29.1 Å². The molecule has 0 saturated carbocycles. The molecule has 0 bridgehead atoms. The molecule has 1 aliphatic heterocycles. The number of imide groups is 1. The molecule has 0 unspecified atom stereocenters. The summed E-state index contributed by atoms with van der Waals surface area (Å²) >= 11 is 0. The summed E-state index contributed by atoms with van der Waals surface area (Å²) in [6, 6.07) is 6.87. The number of benzene rings is 1. The third-order valence-corrected chi connectivity index (χ3v) is 4.98. The zero-order chi connectivity index (χ0) is 22.1. The van der Waals surface area contributed by atoms with Gasteiger partial charge in [-0.1, -0.05) is 24.3 Å². The van der Waals surface area contributed by atoms with Gasteiger partial charge in [0.1, 0.15) is 11.4 Å². The zero-order valence-electron chi connectivity index (χ0n) is 17.5. The Kier molecular flexibility index (Phi) is 5.73. The van der Waals surface area contributed by atoms with Crippen molar-refractivity contribution in [3.63, 3.8) is 0 Å². The van der Waals surface area contributed by atoms with Crippen LogP contribution in [0.2, 0.25) is 0 Å². The van der Waals surface area contributed by atoms with E-state index in [2.05, 4.69) is 20.6 Å². The number of aryl methyl sites for hydroxylation is 2. The van der Waals surface area contributed by atoms with Crippen LogP contribution in [0.3, 0.4) is 0 Å². The largest absolute Gasteiger partial charge is 0.352 e. The molecule has 158 valence electrons. The van der Waals surface area contributed by atoms with Crippen molar-refractivity contribution in [3.8, 4) is 0 Å². The van der Waals surface area contributed by atoms with Crippen molar-refractivity contribution >= 4 is 17.8 Å². The van der Waals surface area contributed by atoms with Gasteiger partial charge in [0.15, 0.2) is 0 Å². The topological polar surface area (TPSA) is 124 Å². The van der Waals surface area contributed by atoms with Gasteiger partial charge in [0, 0.05) is 17.8 Å². The number of hydrogen-bond acceptors (Lipinski definition) is 5. The van der Waals surface area contributed by atoms with Gasteiger partial charge < -0.3 is 15.6 Å². The van der Waals surface area contributed by atoms with E-state index in [1.807, 2.05) is 24.3 Å². The predicted molar refractivity (Wildman–Crippen MR) is 109 cm³/mol. The monoisotopic (exact) mass is 411 g/mol. The maximum absolute atomic E-state index is 12.3. The van der Waals surface area contributed by atoms with E-state index in [1.54, 1.807) is 27.7 Å². The number of amides is 4. The van der Waals surface area contributed by atoms with Crippen molar-refractivity contribution in [2.45, 2.75) is 52.7 Å². The highest BCUT2D eigenvalue weighted by Crippen LogP contribution is 2.19. The van der Waals surface area contributed by atoms with E-state index in [0.717, 1.165) is 11.1 Å². The lowest BCUT2D eigenvalue weighted by Crippen LogP contribution is -2.40. The molecule has 1 fully saturated rings. The first-order valence-corrected chi connectivity index (χ1v) is 9.62. The summed E-state index contributed by atoms with van der Waals surface area (Å²) in [7, 11) is 0. The van der Waals surface area contributed by atoms with Crippen LogP contribution in [0.1, 0.15) is 42.1 Å². The lowest BCUT2D eigenvalue weighted by atomic mass is 10.1. The van der Waals surface area contributed by atoms with Gasteiger partial charge in [-0.3, -0.25) is 19.3 Å². The summed E-state index contributed by atoms with van der Waals surface area (Å²) in [5, 5.41) is 5.44. The van der Waals surface area contributed by atoms with Gasteiger partial charge in [-0.15, -0.1) is 0 Å². The number of rotatable bonds is 6. The number of carbonyl (C=O) groups excluding carboxylic acids is 3. The standard InChI is InChI=1S/C21H25N5O4/c1-12-16(18(28)24-13(2)23-12)9-17(27)22-10-14-5-7-15(8-6-14)11-26-19(29)21(3,4)25-20(26)30/h5-8H,9-11H2,1-4H3,(H,22,27)(H,25,30)(H,23,24,28). The van der Waals surface area contributed by atoms with Crippen LogP contribution in [0.4, 0.5) is 4.79 Å².